The Morgan fingerprint density at radius 2 is 1.54 bits per heavy atom. The first kappa shape index (κ1) is 18.7. The monoisotopic (exact) mass is 396 g/mol. The third kappa shape index (κ3) is 4.54. The van der Waals surface area contributed by atoms with Gasteiger partial charge in [-0.1, -0.05) is 6.07 Å². The van der Waals surface area contributed by atoms with E-state index in [0.717, 1.165) is 18.9 Å². The van der Waals surface area contributed by atoms with Crippen molar-refractivity contribution >= 4 is 25.7 Å². The van der Waals surface area contributed by atoms with Crippen LogP contribution < -0.4 is 14.6 Å². The SMILES string of the molecule is NS(=O)(=O)c1cccc(S(=O)(=O)Nc2ccc(OC3CCCC3)cc2)c1. The summed E-state index contributed by atoms with van der Waals surface area (Å²) < 4.78 is 56.0. The lowest BCUT2D eigenvalue weighted by atomic mass is 10.3. The molecule has 26 heavy (non-hydrogen) atoms. The Balaban J connectivity index is 1.75. The van der Waals surface area contributed by atoms with Crippen LogP contribution in [0.4, 0.5) is 5.69 Å². The molecule has 3 rings (SSSR count). The number of nitrogens with two attached hydrogens (primary N) is 1. The number of hydrogen-bond donors (Lipinski definition) is 2. The molecule has 2 aromatic carbocycles. The van der Waals surface area contributed by atoms with Crippen molar-refractivity contribution in [3.05, 3.63) is 48.5 Å². The Bertz CT molecular complexity index is 980. The Hall–Kier alpha value is -2.10. The van der Waals surface area contributed by atoms with Gasteiger partial charge in [0.15, 0.2) is 0 Å². The van der Waals surface area contributed by atoms with E-state index in [2.05, 4.69) is 4.72 Å². The molecule has 0 saturated heterocycles. The van der Waals surface area contributed by atoms with E-state index in [9.17, 15) is 16.8 Å². The first-order chi connectivity index (χ1) is 12.2. The van der Waals surface area contributed by atoms with Gasteiger partial charge in [0.2, 0.25) is 10.0 Å². The summed E-state index contributed by atoms with van der Waals surface area (Å²) in [4.78, 5) is -0.448. The van der Waals surface area contributed by atoms with Gasteiger partial charge in [0.25, 0.3) is 10.0 Å². The second kappa shape index (κ2) is 7.26. The van der Waals surface area contributed by atoms with E-state index in [1.807, 2.05) is 0 Å². The van der Waals surface area contributed by atoms with E-state index < -0.39 is 20.0 Å². The van der Waals surface area contributed by atoms with Crippen molar-refractivity contribution in [3.63, 3.8) is 0 Å². The lowest BCUT2D eigenvalue weighted by Gasteiger charge is -2.14. The third-order valence-corrected chi connectivity index (χ3v) is 6.45. The molecule has 3 N–H and O–H groups in total. The second-order valence-electron chi connectivity index (χ2n) is 6.17. The van der Waals surface area contributed by atoms with Gasteiger partial charge >= 0.3 is 0 Å². The predicted molar refractivity (Wildman–Crippen MR) is 97.9 cm³/mol. The molecule has 1 aliphatic carbocycles. The maximum Gasteiger partial charge on any atom is 0.261 e. The molecule has 2 aromatic rings. The van der Waals surface area contributed by atoms with Crippen LogP contribution in [-0.2, 0) is 20.0 Å². The van der Waals surface area contributed by atoms with E-state index in [4.69, 9.17) is 9.88 Å². The fraction of sp³-hybridized carbons (Fsp3) is 0.294. The molecule has 0 atom stereocenters. The molecule has 0 radical (unpaired) electrons. The van der Waals surface area contributed by atoms with Gasteiger partial charge in [0.05, 0.1) is 15.9 Å². The van der Waals surface area contributed by atoms with Crippen molar-refractivity contribution in [1.82, 2.24) is 0 Å². The fourth-order valence-electron chi connectivity index (χ4n) is 2.83. The first-order valence-electron chi connectivity index (χ1n) is 8.16. The first-order valence-corrected chi connectivity index (χ1v) is 11.2. The fourth-order valence-corrected chi connectivity index (χ4v) is 4.57. The van der Waals surface area contributed by atoms with Gasteiger partial charge < -0.3 is 4.74 Å². The minimum absolute atomic E-state index is 0.185. The topological polar surface area (TPSA) is 116 Å². The van der Waals surface area contributed by atoms with Crippen molar-refractivity contribution in [2.45, 2.75) is 41.6 Å². The van der Waals surface area contributed by atoms with Gasteiger partial charge in [0.1, 0.15) is 5.75 Å². The molecule has 0 bridgehead atoms. The zero-order valence-electron chi connectivity index (χ0n) is 14.0. The average Bonchev–Trinajstić information content (AvgIpc) is 3.09. The summed E-state index contributed by atoms with van der Waals surface area (Å²) in [6.07, 6.45) is 4.63. The molecule has 9 heteroatoms. The van der Waals surface area contributed by atoms with E-state index >= 15 is 0 Å². The molecular weight excluding hydrogens is 376 g/mol. The molecule has 140 valence electrons. The Morgan fingerprint density at radius 3 is 2.15 bits per heavy atom. The molecule has 1 fully saturated rings. The number of sulfonamides is 2. The highest BCUT2D eigenvalue weighted by atomic mass is 32.2. The van der Waals surface area contributed by atoms with Gasteiger partial charge in [-0.25, -0.2) is 22.0 Å². The van der Waals surface area contributed by atoms with Crippen molar-refractivity contribution in [2.24, 2.45) is 5.14 Å². The lowest BCUT2D eigenvalue weighted by molar-refractivity contribution is 0.210. The standard InChI is InChI=1S/C17H20N2O5S2/c18-25(20,21)16-6-3-7-17(12-16)26(22,23)19-13-8-10-15(11-9-13)24-14-4-1-2-5-14/h3,6-12,14,19H,1-2,4-5H2,(H2,18,20,21). The molecule has 0 aliphatic heterocycles. The zero-order valence-corrected chi connectivity index (χ0v) is 15.6. The van der Waals surface area contributed by atoms with Crippen LogP contribution in [0, 0.1) is 0 Å². The normalized spacial score (nSPS) is 15.7. The Labute approximate surface area is 153 Å². The van der Waals surface area contributed by atoms with Crippen molar-refractivity contribution in [3.8, 4) is 5.75 Å². The highest BCUT2D eigenvalue weighted by Crippen LogP contribution is 2.26. The molecule has 1 aliphatic rings. The van der Waals surface area contributed by atoms with Crippen molar-refractivity contribution < 1.29 is 21.6 Å². The number of rotatable bonds is 6. The minimum Gasteiger partial charge on any atom is -0.490 e. The van der Waals surface area contributed by atoms with Gasteiger partial charge in [-0.05, 0) is 68.1 Å². The minimum atomic E-state index is -3.98. The summed E-state index contributed by atoms with van der Waals surface area (Å²) in [6, 6.07) is 11.5. The summed E-state index contributed by atoms with van der Waals surface area (Å²) >= 11 is 0. The number of ether oxygens (including phenoxy) is 1. The second-order valence-corrected chi connectivity index (χ2v) is 9.42. The highest BCUT2D eigenvalue weighted by Gasteiger charge is 2.19. The predicted octanol–water partition coefficient (Wildman–Crippen LogP) is 2.46. The summed E-state index contributed by atoms with van der Waals surface area (Å²) in [5.74, 6) is 0.691. The maximum atomic E-state index is 12.5. The van der Waals surface area contributed by atoms with Gasteiger partial charge in [-0.2, -0.15) is 0 Å². The van der Waals surface area contributed by atoms with Gasteiger partial charge in [0, 0.05) is 5.69 Å². The van der Waals surface area contributed by atoms with E-state index in [0.29, 0.717) is 11.4 Å². The van der Waals surface area contributed by atoms with Crippen LogP contribution in [0.25, 0.3) is 0 Å². The van der Waals surface area contributed by atoms with Crippen LogP contribution >= 0.6 is 0 Å². The largest absolute Gasteiger partial charge is 0.490 e. The average molecular weight is 396 g/mol. The molecule has 0 unspecified atom stereocenters. The third-order valence-electron chi connectivity index (χ3n) is 4.16. The molecule has 0 heterocycles. The molecule has 1 saturated carbocycles. The molecule has 7 nitrogen and oxygen atoms in total. The van der Waals surface area contributed by atoms with Crippen LogP contribution in [-0.4, -0.2) is 22.9 Å². The molecule has 0 aromatic heterocycles. The quantitative estimate of drug-likeness (QED) is 0.778. The molecular formula is C17H20N2O5S2. The van der Waals surface area contributed by atoms with E-state index in [-0.39, 0.29) is 15.9 Å². The number of nitrogens with one attached hydrogen (secondary N) is 1. The number of anilines is 1. The van der Waals surface area contributed by atoms with Crippen LogP contribution in [0.1, 0.15) is 25.7 Å². The van der Waals surface area contributed by atoms with Crippen LogP contribution in [0.2, 0.25) is 0 Å². The summed E-state index contributed by atoms with van der Waals surface area (Å²) in [5, 5.41) is 5.05. The Kier molecular flexibility index (Phi) is 5.22. The Morgan fingerprint density at radius 1 is 0.923 bits per heavy atom. The van der Waals surface area contributed by atoms with Crippen molar-refractivity contribution in [1.29, 1.82) is 0 Å². The van der Waals surface area contributed by atoms with Crippen LogP contribution in [0.3, 0.4) is 0 Å². The van der Waals surface area contributed by atoms with E-state index in [1.165, 1.54) is 31.0 Å². The lowest BCUT2D eigenvalue weighted by Crippen LogP contribution is -2.16. The van der Waals surface area contributed by atoms with Crippen molar-refractivity contribution in [2.75, 3.05) is 4.72 Å². The van der Waals surface area contributed by atoms with E-state index in [1.54, 1.807) is 24.3 Å². The van der Waals surface area contributed by atoms with Gasteiger partial charge in [-0.3, -0.25) is 4.72 Å². The summed E-state index contributed by atoms with van der Waals surface area (Å²) in [5.41, 5.74) is 0.352. The highest BCUT2D eigenvalue weighted by molar-refractivity contribution is 7.93. The maximum absolute atomic E-state index is 12.5. The van der Waals surface area contributed by atoms with Gasteiger partial charge in [-0.15, -0.1) is 0 Å². The summed E-state index contributed by atoms with van der Waals surface area (Å²) in [6.45, 7) is 0. The number of primary sulfonamides is 1. The number of benzene rings is 2. The number of hydrogen-bond acceptors (Lipinski definition) is 5. The smallest absolute Gasteiger partial charge is 0.261 e. The molecule has 0 spiro atoms. The van der Waals surface area contributed by atoms with Crippen LogP contribution in [0.5, 0.6) is 5.75 Å². The molecule has 0 amide bonds. The van der Waals surface area contributed by atoms with Crippen LogP contribution in [0.15, 0.2) is 58.3 Å². The summed E-state index contributed by atoms with van der Waals surface area (Å²) in [7, 11) is -7.93. The zero-order chi connectivity index (χ0) is 18.8.